The van der Waals surface area contributed by atoms with E-state index < -0.39 is 0 Å². The highest BCUT2D eigenvalue weighted by Crippen LogP contribution is 2.38. The molecule has 0 radical (unpaired) electrons. The first kappa shape index (κ1) is 18.9. The first-order valence-corrected chi connectivity index (χ1v) is 7.82. The lowest BCUT2D eigenvalue weighted by Crippen LogP contribution is -2.37. The van der Waals surface area contributed by atoms with Crippen LogP contribution in [-0.2, 0) is 6.42 Å². The molecule has 23 heavy (non-hydrogen) atoms. The Morgan fingerprint density at radius 1 is 1.00 bits per heavy atom. The van der Waals surface area contributed by atoms with Crippen molar-refractivity contribution in [1.82, 2.24) is 10.6 Å². The number of hydrogen-bond donors (Lipinski definition) is 2. The molecule has 0 aliphatic rings. The van der Waals surface area contributed by atoms with Gasteiger partial charge in [0.2, 0.25) is 5.75 Å². The standard InChI is InChI=1S/C17H28N2O4/c1-12(2)6-8-18-17(20)19-9-7-13-10-14(21-3)16(23-5)15(11-13)22-4/h10-12H,6-9H2,1-5H3,(H2,18,19,20). The molecule has 130 valence electrons. The number of methoxy groups -OCH3 is 3. The molecule has 1 rings (SSSR count). The molecular weight excluding hydrogens is 296 g/mol. The Balaban J connectivity index is 2.53. The highest BCUT2D eigenvalue weighted by Gasteiger charge is 2.13. The molecule has 0 atom stereocenters. The molecule has 6 heteroatoms. The van der Waals surface area contributed by atoms with Gasteiger partial charge in [0.1, 0.15) is 0 Å². The minimum Gasteiger partial charge on any atom is -0.493 e. The summed E-state index contributed by atoms with van der Waals surface area (Å²) in [6.45, 7) is 5.48. The van der Waals surface area contributed by atoms with Crippen molar-refractivity contribution in [2.45, 2.75) is 26.7 Å². The Bertz CT molecular complexity index is 478. The molecule has 0 saturated carbocycles. The predicted molar refractivity (Wildman–Crippen MR) is 90.7 cm³/mol. The summed E-state index contributed by atoms with van der Waals surface area (Å²) in [5.41, 5.74) is 1.00. The number of nitrogens with one attached hydrogen (secondary N) is 2. The van der Waals surface area contributed by atoms with Gasteiger partial charge in [0, 0.05) is 13.1 Å². The van der Waals surface area contributed by atoms with Gasteiger partial charge in [-0.2, -0.15) is 0 Å². The third-order valence-corrected chi connectivity index (χ3v) is 3.43. The second-order valence-corrected chi connectivity index (χ2v) is 5.65. The van der Waals surface area contributed by atoms with Crippen molar-refractivity contribution < 1.29 is 19.0 Å². The molecule has 0 fully saturated rings. The summed E-state index contributed by atoms with van der Waals surface area (Å²) in [5, 5.41) is 5.69. The van der Waals surface area contributed by atoms with E-state index in [-0.39, 0.29) is 6.03 Å². The van der Waals surface area contributed by atoms with Crippen molar-refractivity contribution >= 4 is 6.03 Å². The van der Waals surface area contributed by atoms with Gasteiger partial charge < -0.3 is 24.8 Å². The molecular formula is C17H28N2O4. The van der Waals surface area contributed by atoms with Crippen molar-refractivity contribution in [3.63, 3.8) is 0 Å². The molecule has 1 aromatic rings. The monoisotopic (exact) mass is 324 g/mol. The number of ether oxygens (including phenoxy) is 3. The predicted octanol–water partition coefficient (Wildman–Crippen LogP) is 2.60. The van der Waals surface area contributed by atoms with Gasteiger partial charge in [-0.3, -0.25) is 0 Å². The summed E-state index contributed by atoms with van der Waals surface area (Å²) in [7, 11) is 4.74. The van der Waals surface area contributed by atoms with Crippen molar-refractivity contribution in [3.05, 3.63) is 17.7 Å². The van der Waals surface area contributed by atoms with Gasteiger partial charge in [-0.1, -0.05) is 13.8 Å². The molecule has 0 saturated heterocycles. The van der Waals surface area contributed by atoms with Crippen LogP contribution in [-0.4, -0.2) is 40.5 Å². The number of urea groups is 1. The van der Waals surface area contributed by atoms with Crippen LogP contribution in [0.2, 0.25) is 0 Å². The van der Waals surface area contributed by atoms with Crippen LogP contribution in [0.5, 0.6) is 17.2 Å². The van der Waals surface area contributed by atoms with Gasteiger partial charge >= 0.3 is 6.03 Å². The number of carbonyl (C=O) groups is 1. The Morgan fingerprint density at radius 2 is 1.57 bits per heavy atom. The summed E-state index contributed by atoms with van der Waals surface area (Å²) in [4.78, 5) is 11.7. The molecule has 1 aromatic carbocycles. The zero-order valence-electron chi connectivity index (χ0n) is 14.7. The zero-order valence-corrected chi connectivity index (χ0v) is 14.7. The minimum atomic E-state index is -0.141. The molecule has 0 aliphatic heterocycles. The Hall–Kier alpha value is -2.11. The summed E-state index contributed by atoms with van der Waals surface area (Å²) >= 11 is 0. The van der Waals surface area contributed by atoms with E-state index in [9.17, 15) is 4.79 Å². The summed E-state index contributed by atoms with van der Waals surface area (Å²) in [6.07, 6.45) is 1.65. The summed E-state index contributed by atoms with van der Waals surface area (Å²) in [6, 6.07) is 3.64. The van der Waals surface area contributed by atoms with Crippen LogP contribution in [0.15, 0.2) is 12.1 Å². The number of rotatable bonds is 9. The maximum atomic E-state index is 11.7. The van der Waals surface area contributed by atoms with Gasteiger partial charge in [0.25, 0.3) is 0 Å². The van der Waals surface area contributed by atoms with Gasteiger partial charge in [0.15, 0.2) is 11.5 Å². The van der Waals surface area contributed by atoms with E-state index in [0.717, 1.165) is 12.0 Å². The smallest absolute Gasteiger partial charge is 0.314 e. The second-order valence-electron chi connectivity index (χ2n) is 5.65. The zero-order chi connectivity index (χ0) is 17.2. The molecule has 0 heterocycles. The quantitative estimate of drug-likeness (QED) is 0.732. The largest absolute Gasteiger partial charge is 0.493 e. The maximum absolute atomic E-state index is 11.7. The molecule has 6 nitrogen and oxygen atoms in total. The van der Waals surface area contributed by atoms with Crippen LogP contribution in [0.25, 0.3) is 0 Å². The van der Waals surface area contributed by atoms with E-state index in [1.807, 2.05) is 12.1 Å². The topological polar surface area (TPSA) is 68.8 Å². The van der Waals surface area contributed by atoms with E-state index in [2.05, 4.69) is 24.5 Å². The van der Waals surface area contributed by atoms with Crippen molar-refractivity contribution in [2.24, 2.45) is 5.92 Å². The van der Waals surface area contributed by atoms with E-state index in [0.29, 0.717) is 42.7 Å². The molecule has 0 aromatic heterocycles. The summed E-state index contributed by atoms with van der Waals surface area (Å²) in [5.74, 6) is 2.37. The molecule has 2 amide bonds. The number of amides is 2. The van der Waals surface area contributed by atoms with Crippen molar-refractivity contribution in [2.75, 3.05) is 34.4 Å². The first-order chi connectivity index (χ1) is 11.0. The van der Waals surface area contributed by atoms with Gasteiger partial charge in [-0.15, -0.1) is 0 Å². The Labute approximate surface area is 138 Å². The van der Waals surface area contributed by atoms with Gasteiger partial charge in [0.05, 0.1) is 21.3 Å². The van der Waals surface area contributed by atoms with Crippen LogP contribution in [0.4, 0.5) is 4.79 Å². The third-order valence-electron chi connectivity index (χ3n) is 3.43. The fourth-order valence-electron chi connectivity index (χ4n) is 2.14. The molecule has 2 N–H and O–H groups in total. The number of carbonyl (C=O) groups excluding carboxylic acids is 1. The van der Waals surface area contributed by atoms with Gasteiger partial charge in [-0.25, -0.2) is 4.79 Å². The van der Waals surface area contributed by atoms with Crippen LogP contribution in [0.1, 0.15) is 25.8 Å². The number of benzene rings is 1. The Kier molecular flexibility index (Phi) is 8.08. The normalized spacial score (nSPS) is 10.3. The van der Waals surface area contributed by atoms with Crippen LogP contribution in [0.3, 0.4) is 0 Å². The SMILES string of the molecule is COc1cc(CCNC(=O)NCCC(C)C)cc(OC)c1OC. The molecule has 0 unspecified atom stereocenters. The Morgan fingerprint density at radius 3 is 2.04 bits per heavy atom. The highest BCUT2D eigenvalue weighted by molar-refractivity contribution is 5.73. The second kappa shape index (κ2) is 9.82. The van der Waals surface area contributed by atoms with Crippen molar-refractivity contribution in [3.8, 4) is 17.2 Å². The fourth-order valence-corrected chi connectivity index (χ4v) is 2.14. The van der Waals surface area contributed by atoms with Crippen LogP contribution >= 0.6 is 0 Å². The lowest BCUT2D eigenvalue weighted by Gasteiger charge is -2.14. The maximum Gasteiger partial charge on any atom is 0.314 e. The summed E-state index contributed by atoms with van der Waals surface area (Å²) < 4.78 is 15.9. The van der Waals surface area contributed by atoms with E-state index in [1.54, 1.807) is 21.3 Å². The van der Waals surface area contributed by atoms with E-state index >= 15 is 0 Å². The van der Waals surface area contributed by atoms with E-state index in [1.165, 1.54) is 0 Å². The van der Waals surface area contributed by atoms with Crippen LogP contribution < -0.4 is 24.8 Å². The van der Waals surface area contributed by atoms with Crippen molar-refractivity contribution in [1.29, 1.82) is 0 Å². The minimum absolute atomic E-state index is 0.141. The average molecular weight is 324 g/mol. The lowest BCUT2D eigenvalue weighted by molar-refractivity contribution is 0.240. The highest BCUT2D eigenvalue weighted by atomic mass is 16.5. The first-order valence-electron chi connectivity index (χ1n) is 7.82. The molecule has 0 bridgehead atoms. The lowest BCUT2D eigenvalue weighted by atomic mass is 10.1. The third kappa shape index (κ3) is 6.26. The van der Waals surface area contributed by atoms with Crippen LogP contribution in [0, 0.1) is 5.92 Å². The fraction of sp³-hybridized carbons (Fsp3) is 0.588. The molecule has 0 spiro atoms. The van der Waals surface area contributed by atoms with E-state index in [4.69, 9.17) is 14.2 Å². The molecule has 0 aliphatic carbocycles. The van der Waals surface area contributed by atoms with Gasteiger partial charge in [-0.05, 0) is 36.5 Å². The number of hydrogen-bond acceptors (Lipinski definition) is 4. The average Bonchev–Trinajstić information content (AvgIpc) is 2.53.